The van der Waals surface area contributed by atoms with E-state index >= 15 is 0 Å². The summed E-state index contributed by atoms with van der Waals surface area (Å²) in [4.78, 5) is 18.4. The van der Waals surface area contributed by atoms with Crippen molar-refractivity contribution < 1.29 is 22.9 Å². The Morgan fingerprint density at radius 2 is 1.77 bits per heavy atom. The molecule has 1 saturated heterocycles. The molecule has 0 atom stereocenters. The van der Waals surface area contributed by atoms with Crippen LogP contribution in [0.3, 0.4) is 0 Å². The highest BCUT2D eigenvalue weighted by Gasteiger charge is 2.34. The van der Waals surface area contributed by atoms with Crippen LogP contribution < -0.4 is 15.2 Å². The van der Waals surface area contributed by atoms with Crippen LogP contribution in [-0.2, 0) is 6.18 Å². The zero-order valence-corrected chi connectivity index (χ0v) is 14.4. The standard InChI is InChI=1S/C17H16ClF3N4O/c18-14-10-12(17(19,20)21)11-22-15(14)24-6-8-25(9-7-24)16(26)23-13-4-2-1-3-5-13/h1-5,10-11H,6-9H2,(H,23,26)/p+1. The van der Waals surface area contributed by atoms with Crippen molar-refractivity contribution in [3.8, 4) is 0 Å². The first-order valence-electron chi connectivity index (χ1n) is 7.99. The Bertz CT molecular complexity index is 777. The summed E-state index contributed by atoms with van der Waals surface area (Å²) < 4.78 is 38.2. The number of aromatic amines is 1. The third kappa shape index (κ3) is 4.19. The number of carbonyl (C=O) groups excluding carboxylic acids is 1. The van der Waals surface area contributed by atoms with E-state index in [9.17, 15) is 18.0 Å². The van der Waals surface area contributed by atoms with Crippen LogP contribution in [0.25, 0.3) is 0 Å². The van der Waals surface area contributed by atoms with E-state index < -0.39 is 11.7 Å². The van der Waals surface area contributed by atoms with E-state index in [1.165, 1.54) is 0 Å². The third-order valence-electron chi connectivity index (χ3n) is 4.11. The molecule has 0 radical (unpaired) electrons. The molecule has 138 valence electrons. The average Bonchev–Trinajstić information content (AvgIpc) is 2.62. The van der Waals surface area contributed by atoms with Gasteiger partial charge in [0.2, 0.25) is 0 Å². The van der Waals surface area contributed by atoms with Crippen molar-refractivity contribution in [3.05, 3.63) is 53.2 Å². The number of amides is 2. The quantitative estimate of drug-likeness (QED) is 0.859. The number of halogens is 4. The zero-order chi connectivity index (χ0) is 18.7. The SMILES string of the molecule is O=C(Nc1ccccc1)N1CCN(c2[nH+]cc(C(F)(F)F)cc2Cl)CC1. The summed E-state index contributed by atoms with van der Waals surface area (Å²) >= 11 is 6.01. The van der Waals surface area contributed by atoms with Gasteiger partial charge >= 0.3 is 12.2 Å². The van der Waals surface area contributed by atoms with Crippen LogP contribution in [0.15, 0.2) is 42.6 Å². The number of H-pyrrole nitrogens is 1. The lowest BCUT2D eigenvalue weighted by atomic mass is 10.2. The summed E-state index contributed by atoms with van der Waals surface area (Å²) in [6, 6.07) is 9.81. The van der Waals surface area contributed by atoms with Gasteiger partial charge in [0.25, 0.3) is 5.82 Å². The van der Waals surface area contributed by atoms with Crippen molar-refractivity contribution >= 4 is 29.1 Å². The summed E-state index contributed by atoms with van der Waals surface area (Å²) in [6.45, 7) is 1.79. The van der Waals surface area contributed by atoms with Gasteiger partial charge in [0.1, 0.15) is 24.3 Å². The van der Waals surface area contributed by atoms with E-state index in [4.69, 9.17) is 11.6 Å². The largest absolute Gasteiger partial charge is 0.419 e. The van der Waals surface area contributed by atoms with Gasteiger partial charge in [0.05, 0.1) is 18.7 Å². The number of para-hydroxylation sites is 1. The van der Waals surface area contributed by atoms with E-state index in [0.717, 1.165) is 12.3 Å². The topological polar surface area (TPSA) is 49.7 Å². The van der Waals surface area contributed by atoms with Crippen molar-refractivity contribution in [1.29, 1.82) is 0 Å². The number of nitrogens with one attached hydrogen (secondary N) is 2. The number of aromatic nitrogens is 1. The molecule has 3 rings (SSSR count). The number of alkyl halides is 3. The van der Waals surface area contributed by atoms with Crippen molar-refractivity contribution in [2.75, 3.05) is 36.4 Å². The van der Waals surface area contributed by atoms with Gasteiger partial charge in [-0.2, -0.15) is 13.2 Å². The molecule has 9 heteroatoms. The zero-order valence-electron chi connectivity index (χ0n) is 13.7. The van der Waals surface area contributed by atoms with Gasteiger partial charge in [-0.05, 0) is 18.2 Å². The Labute approximate surface area is 153 Å². The van der Waals surface area contributed by atoms with Gasteiger partial charge in [-0.15, -0.1) is 0 Å². The lowest BCUT2D eigenvalue weighted by Crippen LogP contribution is -2.51. The fourth-order valence-electron chi connectivity index (χ4n) is 2.72. The van der Waals surface area contributed by atoms with Crippen LogP contribution in [0, 0.1) is 0 Å². The van der Waals surface area contributed by atoms with Gasteiger partial charge in [-0.25, -0.2) is 9.78 Å². The van der Waals surface area contributed by atoms with Crippen LogP contribution in [-0.4, -0.2) is 37.1 Å². The number of benzene rings is 1. The Morgan fingerprint density at radius 1 is 1.12 bits per heavy atom. The molecule has 0 bridgehead atoms. The molecule has 2 heterocycles. The van der Waals surface area contributed by atoms with Gasteiger partial charge < -0.3 is 10.2 Å². The van der Waals surface area contributed by atoms with E-state index in [0.29, 0.717) is 37.7 Å². The minimum absolute atomic E-state index is 0.00186. The van der Waals surface area contributed by atoms with Crippen LogP contribution >= 0.6 is 11.6 Å². The lowest BCUT2D eigenvalue weighted by Gasteiger charge is -2.31. The van der Waals surface area contributed by atoms with Gasteiger partial charge in [-0.1, -0.05) is 29.8 Å². The van der Waals surface area contributed by atoms with Gasteiger partial charge in [-0.3, -0.25) is 4.90 Å². The molecule has 1 aliphatic rings. The smallest absolute Gasteiger partial charge is 0.317 e. The molecule has 2 amide bonds. The highest BCUT2D eigenvalue weighted by Crippen LogP contribution is 2.32. The summed E-state index contributed by atoms with van der Waals surface area (Å²) in [5.74, 6) is 0.419. The number of nitrogens with zero attached hydrogens (tertiary/aromatic N) is 2. The Morgan fingerprint density at radius 3 is 2.35 bits per heavy atom. The van der Waals surface area contributed by atoms with Crippen molar-refractivity contribution in [1.82, 2.24) is 4.90 Å². The first-order valence-corrected chi connectivity index (χ1v) is 8.37. The van der Waals surface area contributed by atoms with Crippen molar-refractivity contribution in [2.24, 2.45) is 0 Å². The van der Waals surface area contributed by atoms with Gasteiger partial charge in [0, 0.05) is 5.69 Å². The number of anilines is 2. The summed E-state index contributed by atoms with van der Waals surface area (Å²) in [7, 11) is 0. The van der Waals surface area contributed by atoms with E-state index in [-0.39, 0.29) is 11.1 Å². The van der Waals surface area contributed by atoms with Crippen molar-refractivity contribution in [3.63, 3.8) is 0 Å². The molecule has 0 spiro atoms. The Hall–Kier alpha value is -2.48. The first kappa shape index (κ1) is 18.3. The van der Waals surface area contributed by atoms with E-state index in [1.807, 2.05) is 23.1 Å². The number of urea groups is 1. The molecule has 1 aromatic heterocycles. The average molecular weight is 386 g/mol. The second kappa shape index (κ2) is 7.41. The fourth-order valence-corrected chi connectivity index (χ4v) is 3.02. The maximum Gasteiger partial charge on any atom is 0.419 e. The molecule has 1 fully saturated rings. The molecular formula is C17H17ClF3N4O+. The highest BCUT2D eigenvalue weighted by molar-refractivity contribution is 6.32. The molecule has 0 aliphatic carbocycles. The second-order valence-electron chi connectivity index (χ2n) is 5.85. The third-order valence-corrected chi connectivity index (χ3v) is 4.40. The van der Waals surface area contributed by atoms with E-state index in [1.54, 1.807) is 17.0 Å². The first-order chi connectivity index (χ1) is 12.3. The summed E-state index contributed by atoms with van der Waals surface area (Å²) in [5.41, 5.74) is -0.119. The van der Waals surface area contributed by atoms with Crippen LogP contribution in [0.5, 0.6) is 0 Å². The Kier molecular flexibility index (Phi) is 5.22. The lowest BCUT2D eigenvalue weighted by molar-refractivity contribution is -0.367. The Balaban J connectivity index is 1.61. The normalized spacial score (nSPS) is 15.1. The molecule has 5 nitrogen and oxygen atoms in total. The summed E-state index contributed by atoms with van der Waals surface area (Å²) in [5, 5.41) is 2.81. The molecule has 2 N–H and O–H groups in total. The second-order valence-corrected chi connectivity index (χ2v) is 6.26. The fraction of sp³-hybridized carbons (Fsp3) is 0.294. The number of carbonyl (C=O) groups is 1. The number of rotatable bonds is 2. The van der Waals surface area contributed by atoms with Crippen LogP contribution in [0.4, 0.5) is 29.5 Å². The predicted octanol–water partition coefficient (Wildman–Crippen LogP) is 3.53. The molecule has 0 saturated carbocycles. The minimum atomic E-state index is -4.45. The summed E-state index contributed by atoms with van der Waals surface area (Å²) in [6.07, 6.45) is -3.55. The molecule has 1 aliphatic heterocycles. The monoisotopic (exact) mass is 385 g/mol. The molecule has 1 aromatic carbocycles. The molecule has 2 aromatic rings. The van der Waals surface area contributed by atoms with Crippen molar-refractivity contribution in [2.45, 2.75) is 6.18 Å². The van der Waals surface area contributed by atoms with Gasteiger partial charge in [0.15, 0.2) is 0 Å². The van der Waals surface area contributed by atoms with Crippen LogP contribution in [0.1, 0.15) is 5.56 Å². The number of pyridine rings is 1. The predicted molar refractivity (Wildman–Crippen MR) is 92.3 cm³/mol. The molecule has 0 unspecified atom stereocenters. The number of hydrogen-bond acceptors (Lipinski definition) is 2. The number of hydrogen-bond donors (Lipinski definition) is 1. The molecular weight excluding hydrogens is 369 g/mol. The maximum absolute atomic E-state index is 12.7. The highest BCUT2D eigenvalue weighted by atomic mass is 35.5. The maximum atomic E-state index is 12.7. The van der Waals surface area contributed by atoms with Crippen LogP contribution in [0.2, 0.25) is 5.02 Å². The minimum Gasteiger partial charge on any atom is -0.317 e. The van der Waals surface area contributed by atoms with E-state index in [2.05, 4.69) is 10.3 Å². The number of piperazine rings is 1. The molecule has 26 heavy (non-hydrogen) atoms.